The third-order valence-electron chi connectivity index (χ3n) is 4.24. The Balaban J connectivity index is 1.80. The van der Waals surface area contributed by atoms with Crippen LogP contribution in [-0.2, 0) is 17.5 Å². The molecule has 2 heterocycles. The number of rotatable bonds is 5. The lowest BCUT2D eigenvalue weighted by molar-refractivity contribution is -0.137. The number of hydrogen-bond acceptors (Lipinski definition) is 7. The maximum Gasteiger partial charge on any atom is 0.417 e. The van der Waals surface area contributed by atoms with E-state index in [4.69, 9.17) is 4.74 Å². The summed E-state index contributed by atoms with van der Waals surface area (Å²) in [6.07, 6.45) is -4.62. The third-order valence-corrected chi connectivity index (χ3v) is 4.24. The van der Waals surface area contributed by atoms with Crippen molar-refractivity contribution in [2.45, 2.75) is 12.7 Å². The molecule has 11 heteroatoms. The predicted octanol–water partition coefficient (Wildman–Crippen LogP) is 1.72. The van der Waals surface area contributed by atoms with Crippen LogP contribution < -0.4 is 15.1 Å². The molecule has 1 aliphatic rings. The maximum absolute atomic E-state index is 13.1. The van der Waals surface area contributed by atoms with Crippen molar-refractivity contribution in [1.82, 2.24) is 20.3 Å². The van der Waals surface area contributed by atoms with E-state index < -0.39 is 23.2 Å². The summed E-state index contributed by atoms with van der Waals surface area (Å²) in [5, 5.41) is 2.47. The zero-order chi connectivity index (χ0) is 21.0. The van der Waals surface area contributed by atoms with Crippen LogP contribution >= 0.6 is 0 Å². The molecule has 1 aromatic heterocycles. The molecular formula is C18H21F3N6O2. The second-order valence-electron chi connectivity index (χ2n) is 6.57. The molecule has 1 fully saturated rings. The van der Waals surface area contributed by atoms with Gasteiger partial charge < -0.3 is 19.9 Å². The molecule has 29 heavy (non-hydrogen) atoms. The van der Waals surface area contributed by atoms with Gasteiger partial charge in [0.25, 0.3) is 5.91 Å². The van der Waals surface area contributed by atoms with Gasteiger partial charge in [0.2, 0.25) is 11.9 Å². The fraction of sp³-hybridized carbons (Fsp3) is 0.444. The second kappa shape index (κ2) is 8.60. The number of nitrogens with one attached hydrogen (secondary N) is 1. The zero-order valence-electron chi connectivity index (χ0n) is 16.0. The first-order valence-corrected chi connectivity index (χ1v) is 8.95. The Morgan fingerprint density at radius 2 is 1.86 bits per heavy atom. The van der Waals surface area contributed by atoms with Crippen molar-refractivity contribution in [3.63, 3.8) is 0 Å². The molecule has 0 saturated carbocycles. The average molecular weight is 410 g/mol. The molecule has 0 radical (unpaired) electrons. The molecular weight excluding hydrogens is 389 g/mol. The molecule has 1 aliphatic heterocycles. The smallest absolute Gasteiger partial charge is 0.378 e. The van der Waals surface area contributed by atoms with Gasteiger partial charge in [-0.05, 0) is 12.1 Å². The van der Waals surface area contributed by atoms with E-state index in [1.165, 1.54) is 12.1 Å². The summed E-state index contributed by atoms with van der Waals surface area (Å²) in [4.78, 5) is 29.0. The fourth-order valence-corrected chi connectivity index (χ4v) is 2.76. The molecule has 1 saturated heterocycles. The SMILES string of the molecule is CN(C)c1nc(CNC(=O)c2ccccc2C(F)(F)F)nc(N2CCOCC2)n1. The minimum absolute atomic E-state index is 0.133. The second-order valence-corrected chi connectivity index (χ2v) is 6.57. The predicted molar refractivity (Wildman–Crippen MR) is 99.8 cm³/mol. The first-order valence-electron chi connectivity index (χ1n) is 8.95. The largest absolute Gasteiger partial charge is 0.417 e. The van der Waals surface area contributed by atoms with Crippen LogP contribution in [0.15, 0.2) is 24.3 Å². The molecule has 8 nitrogen and oxygen atoms in total. The van der Waals surface area contributed by atoms with Crippen LogP contribution in [0.2, 0.25) is 0 Å². The Hall–Kier alpha value is -2.95. The van der Waals surface area contributed by atoms with Crippen molar-refractivity contribution in [2.75, 3.05) is 50.2 Å². The summed E-state index contributed by atoms with van der Waals surface area (Å²) < 4.78 is 44.7. The van der Waals surface area contributed by atoms with Gasteiger partial charge >= 0.3 is 6.18 Å². The summed E-state index contributed by atoms with van der Waals surface area (Å²) in [6, 6.07) is 4.63. The highest BCUT2D eigenvalue weighted by atomic mass is 19.4. The Bertz CT molecular complexity index is 869. The summed E-state index contributed by atoms with van der Waals surface area (Å²) in [6.45, 7) is 2.18. The van der Waals surface area contributed by atoms with Gasteiger partial charge in [-0.1, -0.05) is 12.1 Å². The lowest BCUT2D eigenvalue weighted by atomic mass is 10.1. The van der Waals surface area contributed by atoms with Gasteiger partial charge in [0.05, 0.1) is 30.9 Å². The van der Waals surface area contributed by atoms with Crippen LogP contribution in [0.3, 0.4) is 0 Å². The van der Waals surface area contributed by atoms with Gasteiger partial charge in [-0.3, -0.25) is 4.79 Å². The quantitative estimate of drug-likeness (QED) is 0.804. The Labute approximate surface area is 165 Å². The number of alkyl halides is 3. The number of carbonyl (C=O) groups is 1. The number of benzene rings is 1. The highest BCUT2D eigenvalue weighted by Crippen LogP contribution is 2.31. The number of morpholine rings is 1. The van der Waals surface area contributed by atoms with E-state index in [1.54, 1.807) is 19.0 Å². The van der Waals surface area contributed by atoms with Crippen molar-refractivity contribution < 1.29 is 22.7 Å². The van der Waals surface area contributed by atoms with E-state index in [1.807, 2.05) is 4.90 Å². The van der Waals surface area contributed by atoms with Crippen LogP contribution in [0.25, 0.3) is 0 Å². The fourth-order valence-electron chi connectivity index (χ4n) is 2.76. The van der Waals surface area contributed by atoms with Gasteiger partial charge in [0.1, 0.15) is 0 Å². The Morgan fingerprint density at radius 1 is 1.17 bits per heavy atom. The lowest BCUT2D eigenvalue weighted by Gasteiger charge is -2.27. The van der Waals surface area contributed by atoms with E-state index in [9.17, 15) is 18.0 Å². The van der Waals surface area contributed by atoms with E-state index in [2.05, 4.69) is 20.3 Å². The molecule has 0 atom stereocenters. The molecule has 1 amide bonds. The molecule has 0 bridgehead atoms. The summed E-state index contributed by atoms with van der Waals surface area (Å²) >= 11 is 0. The summed E-state index contributed by atoms with van der Waals surface area (Å²) in [5.41, 5.74) is -1.44. The van der Waals surface area contributed by atoms with Gasteiger partial charge in [0, 0.05) is 27.2 Å². The van der Waals surface area contributed by atoms with Crippen molar-refractivity contribution in [3.8, 4) is 0 Å². The van der Waals surface area contributed by atoms with Gasteiger partial charge in [-0.25, -0.2) is 0 Å². The van der Waals surface area contributed by atoms with Crippen LogP contribution in [0.1, 0.15) is 21.7 Å². The molecule has 2 aromatic rings. The van der Waals surface area contributed by atoms with Crippen molar-refractivity contribution in [2.24, 2.45) is 0 Å². The molecule has 156 valence electrons. The minimum atomic E-state index is -4.62. The first kappa shape index (κ1) is 20.8. The highest BCUT2D eigenvalue weighted by molar-refractivity contribution is 5.95. The molecule has 3 rings (SSSR count). The Morgan fingerprint density at radius 3 is 2.52 bits per heavy atom. The third kappa shape index (κ3) is 5.11. The highest BCUT2D eigenvalue weighted by Gasteiger charge is 2.34. The number of halogens is 3. The van der Waals surface area contributed by atoms with Crippen LogP contribution in [-0.4, -0.2) is 61.3 Å². The first-order chi connectivity index (χ1) is 13.8. The molecule has 1 aromatic carbocycles. The summed E-state index contributed by atoms with van der Waals surface area (Å²) in [5.74, 6) is 0.231. The lowest BCUT2D eigenvalue weighted by Crippen LogP contribution is -2.38. The van der Waals surface area contributed by atoms with E-state index in [0.29, 0.717) is 38.2 Å². The molecule has 0 spiro atoms. The number of amides is 1. The normalized spacial score (nSPS) is 14.6. The number of carbonyl (C=O) groups excluding carboxylic acids is 1. The van der Waals surface area contributed by atoms with Crippen LogP contribution in [0, 0.1) is 0 Å². The van der Waals surface area contributed by atoms with Crippen LogP contribution in [0.4, 0.5) is 25.1 Å². The van der Waals surface area contributed by atoms with Crippen molar-refractivity contribution >= 4 is 17.8 Å². The monoisotopic (exact) mass is 410 g/mol. The number of nitrogens with zero attached hydrogens (tertiary/aromatic N) is 5. The molecule has 0 unspecified atom stereocenters. The van der Waals surface area contributed by atoms with Gasteiger partial charge in [-0.15, -0.1) is 0 Å². The number of ether oxygens (including phenoxy) is 1. The average Bonchev–Trinajstić information content (AvgIpc) is 2.71. The molecule has 1 N–H and O–H groups in total. The van der Waals surface area contributed by atoms with Crippen LogP contribution in [0.5, 0.6) is 0 Å². The minimum Gasteiger partial charge on any atom is -0.378 e. The van der Waals surface area contributed by atoms with Gasteiger partial charge in [0.15, 0.2) is 5.82 Å². The van der Waals surface area contributed by atoms with Crippen molar-refractivity contribution in [3.05, 3.63) is 41.2 Å². The number of aromatic nitrogens is 3. The van der Waals surface area contributed by atoms with E-state index >= 15 is 0 Å². The zero-order valence-corrected chi connectivity index (χ0v) is 16.0. The topological polar surface area (TPSA) is 83.5 Å². The van der Waals surface area contributed by atoms with Crippen molar-refractivity contribution in [1.29, 1.82) is 0 Å². The van der Waals surface area contributed by atoms with Gasteiger partial charge in [-0.2, -0.15) is 28.1 Å². The number of hydrogen-bond donors (Lipinski definition) is 1. The standard InChI is InChI=1S/C18H21F3N6O2/c1-26(2)16-23-14(24-17(25-16)27-7-9-29-10-8-27)11-22-15(28)12-5-3-4-6-13(12)18(19,20)21/h3-6H,7-11H2,1-2H3,(H,22,28). The Kier molecular flexibility index (Phi) is 6.16. The maximum atomic E-state index is 13.1. The summed E-state index contributed by atoms with van der Waals surface area (Å²) in [7, 11) is 3.53. The number of anilines is 2. The van der Waals surface area contributed by atoms with E-state index in [0.717, 1.165) is 12.1 Å². The van der Waals surface area contributed by atoms with E-state index in [-0.39, 0.29) is 12.4 Å². The molecule has 0 aliphatic carbocycles.